The molecule has 0 fully saturated rings. The molecule has 3 rings (SSSR count). The second kappa shape index (κ2) is 13.8. The van der Waals surface area contributed by atoms with Gasteiger partial charge in [-0.15, -0.1) is 0 Å². The molecule has 0 bridgehead atoms. The summed E-state index contributed by atoms with van der Waals surface area (Å²) >= 11 is 0. The third-order valence-electron chi connectivity index (χ3n) is 6.58. The number of nitrogens with one attached hydrogen (secondary N) is 1. The first-order valence-corrected chi connectivity index (χ1v) is 13.6. The first kappa shape index (κ1) is 29.0. The Kier molecular flexibility index (Phi) is 10.5. The molecule has 5 nitrogen and oxygen atoms in total. The molecule has 0 aromatic heterocycles. The summed E-state index contributed by atoms with van der Waals surface area (Å²) in [5.41, 5.74) is 4.00. The third-order valence-corrected chi connectivity index (χ3v) is 6.58. The average Bonchev–Trinajstić information content (AvgIpc) is 2.89. The number of hydrogen-bond acceptors (Lipinski definition) is 3. The molecule has 0 unspecified atom stereocenters. The second-order valence-corrected chi connectivity index (χ2v) is 10.9. The van der Waals surface area contributed by atoms with Crippen molar-refractivity contribution in [2.24, 2.45) is 0 Å². The van der Waals surface area contributed by atoms with Crippen molar-refractivity contribution in [3.63, 3.8) is 0 Å². The summed E-state index contributed by atoms with van der Waals surface area (Å²) in [5.74, 6) is 0.330. The molecular weight excluding hydrogens is 472 g/mol. The van der Waals surface area contributed by atoms with E-state index in [0.29, 0.717) is 25.3 Å². The van der Waals surface area contributed by atoms with Gasteiger partial charge >= 0.3 is 0 Å². The fourth-order valence-electron chi connectivity index (χ4n) is 4.50. The van der Waals surface area contributed by atoms with Crippen molar-refractivity contribution in [1.82, 2.24) is 10.2 Å². The monoisotopic (exact) mass is 514 g/mol. The minimum absolute atomic E-state index is 0.129. The summed E-state index contributed by atoms with van der Waals surface area (Å²) in [6, 6.07) is 25.1. The smallest absolute Gasteiger partial charge is 0.261 e. The Morgan fingerprint density at radius 2 is 1.61 bits per heavy atom. The fraction of sp³-hybridized carbons (Fsp3) is 0.394. The van der Waals surface area contributed by atoms with E-state index in [-0.39, 0.29) is 23.8 Å². The molecule has 3 aromatic carbocycles. The van der Waals surface area contributed by atoms with E-state index in [1.54, 1.807) is 4.90 Å². The van der Waals surface area contributed by atoms with Crippen LogP contribution in [0.25, 0.3) is 0 Å². The van der Waals surface area contributed by atoms with Crippen LogP contribution in [0.4, 0.5) is 0 Å². The van der Waals surface area contributed by atoms with Crippen LogP contribution in [0.2, 0.25) is 0 Å². The van der Waals surface area contributed by atoms with Crippen molar-refractivity contribution >= 4 is 11.8 Å². The molecule has 0 heterocycles. The average molecular weight is 515 g/mol. The summed E-state index contributed by atoms with van der Waals surface area (Å²) in [7, 11) is 0. The van der Waals surface area contributed by atoms with Gasteiger partial charge in [0, 0.05) is 19.5 Å². The lowest BCUT2D eigenvalue weighted by Crippen LogP contribution is -2.51. The largest absolute Gasteiger partial charge is 0.483 e. The number of para-hydroxylation sites is 1. The maximum Gasteiger partial charge on any atom is 0.261 e. The van der Waals surface area contributed by atoms with Gasteiger partial charge in [0.15, 0.2) is 6.61 Å². The van der Waals surface area contributed by atoms with Crippen molar-refractivity contribution in [1.29, 1.82) is 0 Å². The maximum atomic E-state index is 13.9. The van der Waals surface area contributed by atoms with E-state index in [2.05, 4.69) is 39.1 Å². The van der Waals surface area contributed by atoms with Gasteiger partial charge in [0.25, 0.3) is 5.91 Å². The zero-order valence-electron chi connectivity index (χ0n) is 23.5. The molecule has 1 N–H and O–H groups in total. The summed E-state index contributed by atoms with van der Waals surface area (Å²) in [4.78, 5) is 29.1. The summed E-state index contributed by atoms with van der Waals surface area (Å²) in [6.07, 6.45) is 2.30. The van der Waals surface area contributed by atoms with Gasteiger partial charge in [0.2, 0.25) is 5.91 Å². The highest BCUT2D eigenvalue weighted by Crippen LogP contribution is 2.31. The molecular formula is C33H42N2O3. The Morgan fingerprint density at radius 1 is 0.921 bits per heavy atom. The standard InChI is InChI=1S/C33H42N2O3/c1-6-7-20-34-32(37)29(22-26-15-9-8-10-16-26)35(23-27-17-13-14-25(2)21-27)31(36)24-38-30-19-12-11-18-28(30)33(3,4)5/h8-19,21,29H,6-7,20,22-24H2,1-5H3,(H,34,37)/t29-/m0/s1. The van der Waals surface area contributed by atoms with Crippen LogP contribution in [0.3, 0.4) is 0 Å². The summed E-state index contributed by atoms with van der Waals surface area (Å²) in [6.45, 7) is 11.3. The maximum absolute atomic E-state index is 13.9. The first-order valence-electron chi connectivity index (χ1n) is 13.6. The van der Waals surface area contributed by atoms with Crippen molar-refractivity contribution in [2.75, 3.05) is 13.2 Å². The number of aryl methyl sites for hydroxylation is 1. The molecule has 0 aliphatic heterocycles. The van der Waals surface area contributed by atoms with Gasteiger partial charge in [-0.1, -0.05) is 112 Å². The van der Waals surface area contributed by atoms with Crippen LogP contribution >= 0.6 is 0 Å². The molecule has 0 aliphatic rings. The molecule has 1 atom stereocenters. The summed E-state index contributed by atoms with van der Waals surface area (Å²) in [5, 5.41) is 3.07. The van der Waals surface area contributed by atoms with Crippen LogP contribution in [0.5, 0.6) is 5.75 Å². The molecule has 0 radical (unpaired) electrons. The number of rotatable bonds is 12. The Balaban J connectivity index is 1.92. The highest BCUT2D eigenvalue weighted by atomic mass is 16.5. The normalized spacial score (nSPS) is 12.0. The zero-order chi connectivity index (χ0) is 27.5. The fourth-order valence-corrected chi connectivity index (χ4v) is 4.50. The Bertz CT molecular complexity index is 1180. The molecule has 0 spiro atoms. The van der Waals surface area contributed by atoms with E-state index in [1.165, 1.54) is 0 Å². The second-order valence-electron chi connectivity index (χ2n) is 10.9. The number of ether oxygens (including phenoxy) is 1. The molecule has 3 aromatic rings. The van der Waals surface area contributed by atoms with Crippen molar-refractivity contribution in [2.45, 2.75) is 71.9 Å². The molecule has 0 saturated carbocycles. The highest BCUT2D eigenvalue weighted by molar-refractivity contribution is 5.88. The Hall–Kier alpha value is -3.60. The molecule has 0 aliphatic carbocycles. The molecule has 2 amide bonds. The lowest BCUT2D eigenvalue weighted by molar-refractivity contribution is -0.142. The lowest BCUT2D eigenvalue weighted by Gasteiger charge is -2.32. The number of carbonyl (C=O) groups excluding carboxylic acids is 2. The molecule has 5 heteroatoms. The van der Waals surface area contributed by atoms with Crippen LogP contribution in [-0.2, 0) is 28.0 Å². The quantitative estimate of drug-likeness (QED) is 0.292. The number of nitrogens with zero attached hydrogens (tertiary/aromatic N) is 1. The van der Waals surface area contributed by atoms with Gasteiger partial charge < -0.3 is 15.0 Å². The van der Waals surface area contributed by atoms with Crippen molar-refractivity contribution in [3.05, 3.63) is 101 Å². The van der Waals surface area contributed by atoms with Crippen LogP contribution in [0, 0.1) is 6.92 Å². The summed E-state index contributed by atoms with van der Waals surface area (Å²) < 4.78 is 6.12. The third kappa shape index (κ3) is 8.47. The van der Waals surface area contributed by atoms with E-state index in [4.69, 9.17) is 4.74 Å². The van der Waals surface area contributed by atoms with Crippen LogP contribution in [0.15, 0.2) is 78.9 Å². The van der Waals surface area contributed by atoms with Gasteiger partial charge in [0.1, 0.15) is 11.8 Å². The number of carbonyl (C=O) groups is 2. The van der Waals surface area contributed by atoms with E-state index >= 15 is 0 Å². The Morgan fingerprint density at radius 3 is 2.29 bits per heavy atom. The van der Waals surface area contributed by atoms with E-state index in [9.17, 15) is 9.59 Å². The predicted molar refractivity (Wildman–Crippen MR) is 154 cm³/mol. The zero-order valence-corrected chi connectivity index (χ0v) is 23.5. The Labute approximate surface area is 228 Å². The van der Waals surface area contributed by atoms with Crippen LogP contribution in [0.1, 0.15) is 62.8 Å². The minimum atomic E-state index is -0.663. The molecule has 0 saturated heterocycles. The van der Waals surface area contributed by atoms with Gasteiger partial charge in [-0.25, -0.2) is 0 Å². The van der Waals surface area contributed by atoms with E-state index in [1.807, 2.05) is 79.7 Å². The van der Waals surface area contributed by atoms with Gasteiger partial charge in [0.05, 0.1) is 0 Å². The SMILES string of the molecule is CCCCNC(=O)[C@H](Cc1ccccc1)N(Cc1cccc(C)c1)C(=O)COc1ccccc1C(C)(C)C. The van der Waals surface area contributed by atoms with Gasteiger partial charge in [-0.2, -0.15) is 0 Å². The van der Waals surface area contributed by atoms with Gasteiger partial charge in [-0.3, -0.25) is 9.59 Å². The lowest BCUT2D eigenvalue weighted by atomic mass is 9.86. The van der Waals surface area contributed by atoms with E-state index in [0.717, 1.165) is 35.1 Å². The van der Waals surface area contributed by atoms with Gasteiger partial charge in [-0.05, 0) is 41.5 Å². The van der Waals surface area contributed by atoms with E-state index < -0.39 is 6.04 Å². The first-order chi connectivity index (χ1) is 18.2. The molecule has 202 valence electrons. The van der Waals surface area contributed by atoms with Crippen molar-refractivity contribution < 1.29 is 14.3 Å². The number of amides is 2. The number of benzene rings is 3. The van der Waals surface area contributed by atoms with Crippen LogP contribution in [-0.4, -0.2) is 35.9 Å². The highest BCUT2D eigenvalue weighted by Gasteiger charge is 2.31. The minimum Gasteiger partial charge on any atom is -0.483 e. The predicted octanol–water partition coefficient (Wildman–Crippen LogP) is 6.23. The molecule has 38 heavy (non-hydrogen) atoms. The van der Waals surface area contributed by atoms with Crippen molar-refractivity contribution in [3.8, 4) is 5.75 Å². The number of hydrogen-bond donors (Lipinski definition) is 1. The number of unbranched alkanes of at least 4 members (excludes halogenated alkanes) is 1. The topological polar surface area (TPSA) is 58.6 Å². The van der Waals surface area contributed by atoms with Crippen LogP contribution < -0.4 is 10.1 Å².